The van der Waals surface area contributed by atoms with E-state index in [2.05, 4.69) is 0 Å². The molecule has 3 aliphatic rings. The predicted molar refractivity (Wildman–Crippen MR) is 146 cm³/mol. The highest BCUT2D eigenvalue weighted by molar-refractivity contribution is 6.24. The first-order chi connectivity index (χ1) is 18.7. The third-order valence-electron chi connectivity index (χ3n) is 8.45. The van der Waals surface area contributed by atoms with Gasteiger partial charge in [-0.05, 0) is 56.6 Å². The smallest absolute Gasteiger partial charge is 0.255 e. The van der Waals surface area contributed by atoms with E-state index in [1.54, 1.807) is 32.3 Å². The summed E-state index contributed by atoms with van der Waals surface area (Å²) in [5.74, 6) is -5.76. The number of hydrogen-bond acceptors (Lipinski definition) is 10. The third-order valence-corrected chi connectivity index (χ3v) is 8.45. The number of carbonyl (C=O) groups is 3. The lowest BCUT2D eigenvalue weighted by atomic mass is 9.57. The van der Waals surface area contributed by atoms with Crippen molar-refractivity contribution in [3.63, 3.8) is 0 Å². The Morgan fingerprint density at radius 1 is 1.15 bits per heavy atom. The zero-order valence-electron chi connectivity index (χ0n) is 23.0. The summed E-state index contributed by atoms with van der Waals surface area (Å²) in [6.07, 6.45) is 0.867. The normalized spacial score (nSPS) is 26.1. The lowest BCUT2D eigenvalue weighted by Gasteiger charge is -2.50. The Morgan fingerprint density at radius 2 is 1.82 bits per heavy atom. The highest BCUT2D eigenvalue weighted by atomic mass is 16.4. The number of hydrogen-bond donors (Lipinski definition) is 5. The maximum atomic E-state index is 14.1. The minimum absolute atomic E-state index is 0.0203. The summed E-state index contributed by atoms with van der Waals surface area (Å²) in [5.41, 5.74) is 3.25. The van der Waals surface area contributed by atoms with Gasteiger partial charge in [0.2, 0.25) is 5.78 Å². The summed E-state index contributed by atoms with van der Waals surface area (Å²) in [6.45, 7) is 1.93. The second-order valence-corrected chi connectivity index (χ2v) is 11.1. The van der Waals surface area contributed by atoms with E-state index in [-0.39, 0.29) is 29.7 Å². The highest BCUT2D eigenvalue weighted by Gasteiger charge is 2.64. The largest absolute Gasteiger partial charge is 0.508 e. The molecule has 1 aromatic carbocycles. The Kier molecular flexibility index (Phi) is 6.35. The van der Waals surface area contributed by atoms with Crippen LogP contribution in [0.15, 0.2) is 39.5 Å². The molecule has 3 aliphatic carbocycles. The summed E-state index contributed by atoms with van der Waals surface area (Å²) in [4.78, 5) is 42.8. The van der Waals surface area contributed by atoms with Crippen molar-refractivity contribution < 1.29 is 39.2 Å². The standard InChI is InChI=1S/C29H33N3O8/c1-6-13-7-8-18(40-13)15-11-17(31(2)3)14-9-12-10-16-22(32(4)5)25(35)21(28(30)38)27(37)29(16,39)26(36)19(12)24(34)20(14)23(15)33/h7-8,11-12,16,22,33-34,37,39H,6,9-10H2,1-5H3,(H2,30,38)/t12-,16-,22-,29-/m0/s1. The molecule has 1 heterocycles. The molecule has 6 N–H and O–H groups in total. The minimum atomic E-state index is -2.68. The van der Waals surface area contributed by atoms with E-state index in [9.17, 15) is 34.8 Å². The fraction of sp³-hybridized carbons (Fsp3) is 0.414. The number of anilines is 1. The number of primary amides is 1. The zero-order valence-corrected chi connectivity index (χ0v) is 23.0. The van der Waals surface area contributed by atoms with E-state index in [0.29, 0.717) is 34.8 Å². The Hall–Kier alpha value is -4.09. The number of nitrogens with zero attached hydrogens (tertiary/aromatic N) is 2. The first kappa shape index (κ1) is 27.5. The Bertz CT molecular complexity index is 1530. The van der Waals surface area contributed by atoms with Crippen LogP contribution in [-0.2, 0) is 27.2 Å². The molecule has 1 fully saturated rings. The molecule has 1 aromatic heterocycles. The second-order valence-electron chi connectivity index (χ2n) is 11.1. The average molecular weight is 552 g/mol. The van der Waals surface area contributed by atoms with Gasteiger partial charge < -0.3 is 35.5 Å². The topological polar surface area (TPSA) is 178 Å². The molecule has 1 saturated carbocycles. The molecule has 2 aromatic rings. The molecule has 0 unspecified atom stereocenters. The summed E-state index contributed by atoms with van der Waals surface area (Å²) in [7, 11) is 6.76. The van der Waals surface area contributed by atoms with Gasteiger partial charge >= 0.3 is 0 Å². The quantitative estimate of drug-likeness (QED) is 0.345. The number of ketones is 2. The van der Waals surface area contributed by atoms with E-state index in [1.165, 1.54) is 4.90 Å². The lowest BCUT2D eigenvalue weighted by molar-refractivity contribution is -0.153. The van der Waals surface area contributed by atoms with Gasteiger partial charge in [0.25, 0.3) is 5.91 Å². The molecule has 40 heavy (non-hydrogen) atoms. The van der Waals surface area contributed by atoms with Gasteiger partial charge in [-0.15, -0.1) is 0 Å². The molecule has 1 amide bonds. The Balaban J connectivity index is 1.76. The van der Waals surface area contributed by atoms with Crippen molar-refractivity contribution in [2.24, 2.45) is 17.6 Å². The van der Waals surface area contributed by atoms with Gasteiger partial charge in [-0.25, -0.2) is 0 Å². The first-order valence-electron chi connectivity index (χ1n) is 13.1. The molecule has 11 heteroatoms. The Morgan fingerprint density at radius 3 is 2.38 bits per heavy atom. The van der Waals surface area contributed by atoms with Crippen LogP contribution < -0.4 is 10.6 Å². The molecule has 0 bridgehead atoms. The number of benzene rings is 1. The summed E-state index contributed by atoms with van der Waals surface area (Å²) >= 11 is 0. The highest BCUT2D eigenvalue weighted by Crippen LogP contribution is 2.55. The van der Waals surface area contributed by atoms with Crippen LogP contribution in [0, 0.1) is 11.8 Å². The number of aryl methyl sites for hydroxylation is 1. The van der Waals surface area contributed by atoms with Crippen LogP contribution in [0.3, 0.4) is 0 Å². The predicted octanol–water partition coefficient (Wildman–Crippen LogP) is 1.85. The van der Waals surface area contributed by atoms with Crippen molar-refractivity contribution in [1.82, 2.24) is 4.90 Å². The molecule has 0 spiro atoms. The average Bonchev–Trinajstić information content (AvgIpc) is 3.35. The van der Waals surface area contributed by atoms with Gasteiger partial charge in [0.15, 0.2) is 11.4 Å². The Labute approximate surface area is 230 Å². The second kappa shape index (κ2) is 9.24. The number of phenols is 1. The number of aromatic hydroxyl groups is 1. The number of carbonyl (C=O) groups excluding carboxylic acids is 3. The number of aliphatic hydroxyl groups is 3. The van der Waals surface area contributed by atoms with E-state index in [4.69, 9.17) is 10.2 Å². The van der Waals surface area contributed by atoms with Gasteiger partial charge in [0, 0.05) is 37.7 Å². The number of likely N-dealkylation sites (N-methyl/N-ethyl adjacent to an activating group) is 1. The molecule has 4 atom stereocenters. The molecular formula is C29H33N3O8. The number of Topliss-reactive ketones (excluding diaryl/α,β-unsaturated/α-hetero) is 2. The van der Waals surface area contributed by atoms with Gasteiger partial charge in [-0.1, -0.05) is 6.92 Å². The summed E-state index contributed by atoms with van der Waals surface area (Å²) in [5, 5.41) is 45.8. The monoisotopic (exact) mass is 551 g/mol. The fourth-order valence-electron chi connectivity index (χ4n) is 6.59. The number of rotatable bonds is 5. The molecule has 11 nitrogen and oxygen atoms in total. The minimum Gasteiger partial charge on any atom is -0.508 e. The molecule has 5 rings (SSSR count). The maximum absolute atomic E-state index is 14.1. The summed E-state index contributed by atoms with van der Waals surface area (Å²) < 4.78 is 5.87. The van der Waals surface area contributed by atoms with Crippen LogP contribution in [0.5, 0.6) is 5.75 Å². The number of phenolic OH excluding ortho intramolecular Hbond substituents is 1. The van der Waals surface area contributed by atoms with Crippen LogP contribution >= 0.6 is 0 Å². The fourth-order valence-corrected chi connectivity index (χ4v) is 6.59. The van der Waals surface area contributed by atoms with E-state index < -0.39 is 58.0 Å². The van der Waals surface area contributed by atoms with Gasteiger partial charge in [0.05, 0.1) is 17.2 Å². The first-order valence-corrected chi connectivity index (χ1v) is 13.1. The van der Waals surface area contributed by atoms with E-state index in [1.807, 2.05) is 25.9 Å². The number of aliphatic hydroxyl groups excluding tert-OH is 2. The molecule has 0 radical (unpaired) electrons. The maximum Gasteiger partial charge on any atom is 0.255 e. The summed E-state index contributed by atoms with van der Waals surface area (Å²) in [6, 6.07) is 4.12. The zero-order chi connectivity index (χ0) is 29.4. The van der Waals surface area contributed by atoms with Crippen LogP contribution in [0.1, 0.15) is 30.2 Å². The van der Waals surface area contributed by atoms with Crippen molar-refractivity contribution >= 4 is 28.9 Å². The van der Waals surface area contributed by atoms with Crippen LogP contribution in [0.4, 0.5) is 5.69 Å². The number of nitrogens with two attached hydrogens (primary N) is 1. The SMILES string of the molecule is CCc1ccc(-c2cc(N(C)C)c3c(c2O)C(O)=C2C(=O)[C@]4(O)C(O)=C(C(N)=O)C(=O)[C@@H](N(C)C)[C@@H]4C[C@@H]2C3)o1. The molecule has 212 valence electrons. The van der Waals surface area contributed by atoms with Crippen LogP contribution in [0.25, 0.3) is 17.1 Å². The molecular weight excluding hydrogens is 518 g/mol. The number of amides is 1. The van der Waals surface area contributed by atoms with Crippen LogP contribution in [0.2, 0.25) is 0 Å². The van der Waals surface area contributed by atoms with Crippen LogP contribution in [-0.4, -0.2) is 82.6 Å². The van der Waals surface area contributed by atoms with Gasteiger partial charge in [-0.3, -0.25) is 19.3 Å². The number of fused-ring (bicyclic) bond motifs is 3. The van der Waals surface area contributed by atoms with Gasteiger partial charge in [-0.2, -0.15) is 0 Å². The molecule has 0 saturated heterocycles. The third kappa shape index (κ3) is 3.61. The van der Waals surface area contributed by atoms with Crippen molar-refractivity contribution in [2.75, 3.05) is 33.1 Å². The van der Waals surface area contributed by atoms with Crippen molar-refractivity contribution in [1.29, 1.82) is 0 Å². The lowest BCUT2D eigenvalue weighted by Crippen LogP contribution is -2.65. The van der Waals surface area contributed by atoms with Crippen molar-refractivity contribution in [2.45, 2.75) is 37.8 Å². The van der Waals surface area contributed by atoms with Crippen molar-refractivity contribution in [3.05, 3.63) is 52.0 Å². The van der Waals surface area contributed by atoms with E-state index in [0.717, 1.165) is 0 Å². The van der Waals surface area contributed by atoms with Gasteiger partial charge in [0.1, 0.15) is 34.4 Å². The molecule has 0 aliphatic heterocycles. The van der Waals surface area contributed by atoms with E-state index >= 15 is 0 Å². The number of furan rings is 1. The van der Waals surface area contributed by atoms with Crippen molar-refractivity contribution in [3.8, 4) is 17.1 Å².